The Morgan fingerprint density at radius 2 is 2.15 bits per heavy atom. The number of aromatic carboxylic acids is 1. The molecule has 1 N–H and O–H groups in total. The number of sulfonamides is 1. The molecule has 0 radical (unpaired) electrons. The third-order valence-corrected chi connectivity index (χ3v) is 6.86. The van der Waals surface area contributed by atoms with Crippen molar-refractivity contribution in [3.8, 4) is 0 Å². The summed E-state index contributed by atoms with van der Waals surface area (Å²) in [5, 5.41) is 9.03. The molecule has 2 heterocycles. The monoisotopic (exact) mass is 319 g/mol. The summed E-state index contributed by atoms with van der Waals surface area (Å²) in [6, 6.07) is 1.17. The zero-order valence-corrected chi connectivity index (χ0v) is 13.1. The van der Waals surface area contributed by atoms with Crippen molar-refractivity contribution in [2.24, 2.45) is 0 Å². The van der Waals surface area contributed by atoms with E-state index in [1.165, 1.54) is 10.4 Å². The first-order chi connectivity index (χ1) is 9.23. The van der Waals surface area contributed by atoms with E-state index in [-0.39, 0.29) is 27.8 Å². The number of hydrogen-bond donors (Lipinski definition) is 1. The molecule has 6 nitrogen and oxygen atoms in total. The van der Waals surface area contributed by atoms with Gasteiger partial charge in [0.2, 0.25) is 0 Å². The second-order valence-electron chi connectivity index (χ2n) is 4.95. The van der Waals surface area contributed by atoms with Crippen molar-refractivity contribution >= 4 is 27.3 Å². The Kier molecular flexibility index (Phi) is 4.19. The van der Waals surface area contributed by atoms with Gasteiger partial charge in [-0.1, -0.05) is 0 Å². The van der Waals surface area contributed by atoms with Gasteiger partial charge in [-0.05, 0) is 32.4 Å². The van der Waals surface area contributed by atoms with Gasteiger partial charge in [0.15, 0.2) is 0 Å². The van der Waals surface area contributed by atoms with Crippen LogP contribution in [0.25, 0.3) is 0 Å². The summed E-state index contributed by atoms with van der Waals surface area (Å²) >= 11 is 0.801. The van der Waals surface area contributed by atoms with E-state index in [2.05, 4.69) is 0 Å². The molecule has 0 amide bonds. The normalized spacial score (nSPS) is 24.8. The number of aryl methyl sites for hydroxylation is 1. The summed E-state index contributed by atoms with van der Waals surface area (Å²) in [7, 11) is -3.67. The van der Waals surface area contributed by atoms with Crippen LogP contribution in [0.3, 0.4) is 0 Å². The summed E-state index contributed by atoms with van der Waals surface area (Å²) in [4.78, 5) is 11.1. The zero-order chi connectivity index (χ0) is 15.1. The molecule has 8 heteroatoms. The lowest BCUT2D eigenvalue weighted by atomic mass is 10.2. The molecule has 1 aliphatic heterocycles. The van der Waals surface area contributed by atoms with E-state index in [4.69, 9.17) is 9.84 Å². The molecular weight excluding hydrogens is 302 g/mol. The molecule has 20 heavy (non-hydrogen) atoms. The Bertz CT molecular complexity index is 622. The van der Waals surface area contributed by atoms with Gasteiger partial charge in [0.05, 0.1) is 12.7 Å². The van der Waals surface area contributed by atoms with Crippen LogP contribution < -0.4 is 0 Å². The minimum atomic E-state index is -3.67. The third kappa shape index (κ3) is 2.73. The maximum absolute atomic E-state index is 12.6. The number of carboxylic acids is 1. The summed E-state index contributed by atoms with van der Waals surface area (Å²) in [6.07, 6.45) is -0.166. The highest BCUT2D eigenvalue weighted by Crippen LogP contribution is 2.30. The highest BCUT2D eigenvalue weighted by atomic mass is 32.2. The van der Waals surface area contributed by atoms with Crippen molar-refractivity contribution < 1.29 is 23.1 Å². The average molecular weight is 319 g/mol. The highest BCUT2D eigenvalue weighted by Gasteiger charge is 2.35. The van der Waals surface area contributed by atoms with E-state index >= 15 is 0 Å². The van der Waals surface area contributed by atoms with Crippen LogP contribution in [0, 0.1) is 6.92 Å². The second kappa shape index (κ2) is 5.44. The summed E-state index contributed by atoms with van der Waals surface area (Å²) < 4.78 is 32.1. The molecule has 1 aromatic rings. The first-order valence-corrected chi connectivity index (χ1v) is 8.46. The lowest BCUT2D eigenvalue weighted by Crippen LogP contribution is -2.49. The number of nitrogens with zero attached hydrogens (tertiary/aromatic N) is 1. The molecule has 1 fully saturated rings. The lowest BCUT2D eigenvalue weighted by molar-refractivity contribution is -0.0170. The fourth-order valence-electron chi connectivity index (χ4n) is 2.12. The number of ether oxygens (including phenoxy) is 1. The Morgan fingerprint density at radius 3 is 2.70 bits per heavy atom. The summed E-state index contributed by atoms with van der Waals surface area (Å²) in [5.74, 6) is -1.10. The molecule has 0 saturated carbocycles. The predicted octanol–water partition coefficient (Wildman–Crippen LogP) is 1.55. The predicted molar refractivity (Wildman–Crippen MR) is 74.8 cm³/mol. The number of thiophene rings is 1. The molecule has 2 rings (SSSR count). The number of rotatable bonds is 3. The van der Waals surface area contributed by atoms with Gasteiger partial charge in [-0.3, -0.25) is 0 Å². The Balaban J connectivity index is 2.39. The van der Waals surface area contributed by atoms with Gasteiger partial charge < -0.3 is 9.84 Å². The zero-order valence-electron chi connectivity index (χ0n) is 11.5. The van der Waals surface area contributed by atoms with E-state index in [9.17, 15) is 13.2 Å². The van der Waals surface area contributed by atoms with Crippen molar-refractivity contribution in [3.05, 3.63) is 16.5 Å². The van der Waals surface area contributed by atoms with Crippen LogP contribution >= 0.6 is 11.3 Å². The molecule has 0 bridgehead atoms. The van der Waals surface area contributed by atoms with Crippen molar-refractivity contribution in [2.75, 3.05) is 13.2 Å². The Morgan fingerprint density at radius 1 is 1.50 bits per heavy atom. The molecule has 1 aromatic heterocycles. The molecule has 1 aliphatic rings. The summed E-state index contributed by atoms with van der Waals surface area (Å²) in [5.41, 5.74) is 0.468. The van der Waals surface area contributed by atoms with E-state index in [1.807, 2.05) is 6.92 Å². The van der Waals surface area contributed by atoms with Gasteiger partial charge in [0.1, 0.15) is 9.09 Å². The van der Waals surface area contributed by atoms with Crippen LogP contribution in [0.15, 0.2) is 10.3 Å². The van der Waals surface area contributed by atoms with Crippen molar-refractivity contribution in [2.45, 2.75) is 37.1 Å². The number of carbonyl (C=O) groups is 1. The van der Waals surface area contributed by atoms with Gasteiger partial charge in [-0.15, -0.1) is 11.3 Å². The Labute approximate surface area is 122 Å². The third-order valence-electron chi connectivity index (χ3n) is 3.20. The molecule has 1 saturated heterocycles. The Hall–Kier alpha value is -0.960. The molecule has 0 aliphatic carbocycles. The highest BCUT2D eigenvalue weighted by molar-refractivity contribution is 7.91. The molecule has 2 unspecified atom stereocenters. The fraction of sp³-hybridized carbons (Fsp3) is 0.583. The van der Waals surface area contributed by atoms with Crippen LogP contribution in [0.4, 0.5) is 0 Å². The molecule has 2 atom stereocenters. The maximum Gasteiger partial charge on any atom is 0.346 e. The van der Waals surface area contributed by atoms with Crippen molar-refractivity contribution in [3.63, 3.8) is 0 Å². The van der Waals surface area contributed by atoms with Crippen molar-refractivity contribution in [1.29, 1.82) is 0 Å². The quantitative estimate of drug-likeness (QED) is 0.914. The maximum atomic E-state index is 12.6. The van der Waals surface area contributed by atoms with Crippen LogP contribution in [-0.2, 0) is 14.8 Å². The topological polar surface area (TPSA) is 83.9 Å². The van der Waals surface area contributed by atoms with Gasteiger partial charge >= 0.3 is 5.97 Å². The van der Waals surface area contributed by atoms with E-state index in [0.29, 0.717) is 12.2 Å². The second-order valence-corrected chi connectivity index (χ2v) is 8.12. The van der Waals surface area contributed by atoms with Crippen LogP contribution in [0.5, 0.6) is 0 Å². The lowest BCUT2D eigenvalue weighted by Gasteiger charge is -2.35. The minimum absolute atomic E-state index is 0.0672. The average Bonchev–Trinajstić information content (AvgIpc) is 2.75. The number of carboxylic acid groups (broad SMARTS) is 1. The van der Waals surface area contributed by atoms with E-state index in [0.717, 1.165) is 11.3 Å². The SMILES string of the molecule is Cc1cc(S(=O)(=O)N2CC(C)OCC2C)sc1C(=O)O. The fourth-order valence-corrected chi connectivity index (χ4v) is 5.32. The van der Waals surface area contributed by atoms with Gasteiger partial charge in [0.25, 0.3) is 10.0 Å². The molecule has 0 aromatic carbocycles. The molecule has 112 valence electrons. The number of hydrogen-bond acceptors (Lipinski definition) is 5. The van der Waals surface area contributed by atoms with Crippen LogP contribution in [0.2, 0.25) is 0 Å². The van der Waals surface area contributed by atoms with Gasteiger partial charge in [-0.2, -0.15) is 4.31 Å². The molecular formula is C12H17NO5S2. The van der Waals surface area contributed by atoms with Crippen LogP contribution in [-0.4, -0.2) is 49.1 Å². The smallest absolute Gasteiger partial charge is 0.346 e. The van der Waals surface area contributed by atoms with E-state index < -0.39 is 16.0 Å². The summed E-state index contributed by atoms with van der Waals surface area (Å²) in [6.45, 7) is 5.82. The van der Waals surface area contributed by atoms with Gasteiger partial charge in [-0.25, -0.2) is 13.2 Å². The number of morpholine rings is 1. The first kappa shape index (κ1) is 15.4. The minimum Gasteiger partial charge on any atom is -0.477 e. The molecule has 0 spiro atoms. The van der Waals surface area contributed by atoms with E-state index in [1.54, 1.807) is 13.8 Å². The van der Waals surface area contributed by atoms with Crippen LogP contribution in [0.1, 0.15) is 29.1 Å². The largest absolute Gasteiger partial charge is 0.477 e. The first-order valence-electron chi connectivity index (χ1n) is 6.20. The van der Waals surface area contributed by atoms with Gasteiger partial charge in [0, 0.05) is 12.6 Å². The standard InChI is InChI=1S/C12H17NO5S2/c1-7-4-10(19-11(7)12(14)15)20(16,17)13-5-9(3)18-6-8(13)2/h4,8-9H,5-6H2,1-3H3,(H,14,15). The van der Waals surface area contributed by atoms with Crippen molar-refractivity contribution in [1.82, 2.24) is 4.31 Å².